The van der Waals surface area contributed by atoms with Gasteiger partial charge in [-0.2, -0.15) is 0 Å². The zero-order valence-corrected chi connectivity index (χ0v) is 15.1. The highest BCUT2D eigenvalue weighted by Crippen LogP contribution is 2.34. The van der Waals surface area contributed by atoms with Crippen LogP contribution in [-0.2, 0) is 0 Å². The summed E-state index contributed by atoms with van der Waals surface area (Å²) >= 11 is 1.49. The lowest BCUT2D eigenvalue weighted by Gasteiger charge is -2.34. The van der Waals surface area contributed by atoms with Crippen LogP contribution in [0, 0.1) is 6.92 Å². The van der Waals surface area contributed by atoms with E-state index in [9.17, 15) is 4.79 Å². The van der Waals surface area contributed by atoms with E-state index in [1.807, 2.05) is 10.3 Å². The standard InChI is InChI=1S/C17H18N6O2S/c1-11-15(25-10-20-11)16(24)23-7-3-2-4-13(23)12-9-26-17(21-12)22-14-8-18-5-6-19-14/h5-6,8-10,13H,2-4,7H2,1H3,(H,19,21,22)/t13-/m0/s1. The largest absolute Gasteiger partial charge is 0.438 e. The molecule has 4 rings (SSSR count). The minimum atomic E-state index is -0.124. The third-order valence-corrected chi connectivity index (χ3v) is 5.14. The lowest BCUT2D eigenvalue weighted by molar-refractivity contribution is 0.0573. The minimum absolute atomic E-state index is 0.0607. The van der Waals surface area contributed by atoms with E-state index in [0.717, 1.165) is 30.1 Å². The van der Waals surface area contributed by atoms with Gasteiger partial charge in [0, 0.05) is 24.3 Å². The average Bonchev–Trinajstić information content (AvgIpc) is 3.31. The Kier molecular flexibility index (Phi) is 4.61. The maximum atomic E-state index is 12.9. The number of aromatic nitrogens is 4. The number of piperidine rings is 1. The number of nitrogens with one attached hydrogen (secondary N) is 1. The van der Waals surface area contributed by atoms with Crippen molar-refractivity contribution >= 4 is 28.2 Å². The summed E-state index contributed by atoms with van der Waals surface area (Å²) in [5, 5.41) is 5.87. The molecule has 26 heavy (non-hydrogen) atoms. The maximum Gasteiger partial charge on any atom is 0.292 e. The lowest BCUT2D eigenvalue weighted by atomic mass is 9.99. The van der Waals surface area contributed by atoms with Crippen molar-refractivity contribution in [2.45, 2.75) is 32.2 Å². The summed E-state index contributed by atoms with van der Waals surface area (Å²) in [7, 11) is 0. The van der Waals surface area contributed by atoms with Crippen LogP contribution >= 0.6 is 11.3 Å². The van der Waals surface area contributed by atoms with Crippen molar-refractivity contribution in [3.05, 3.63) is 47.5 Å². The second-order valence-corrected chi connectivity index (χ2v) is 6.93. The topological polar surface area (TPSA) is 97.0 Å². The highest BCUT2D eigenvalue weighted by atomic mass is 32.1. The van der Waals surface area contributed by atoms with Gasteiger partial charge in [0.15, 0.2) is 17.3 Å². The van der Waals surface area contributed by atoms with Crippen LogP contribution in [-0.4, -0.2) is 37.3 Å². The van der Waals surface area contributed by atoms with Crippen LogP contribution in [0.3, 0.4) is 0 Å². The van der Waals surface area contributed by atoms with Crippen LogP contribution < -0.4 is 5.32 Å². The first-order valence-electron chi connectivity index (χ1n) is 8.42. The molecule has 0 saturated carbocycles. The van der Waals surface area contributed by atoms with Gasteiger partial charge in [0.05, 0.1) is 23.6 Å². The van der Waals surface area contributed by atoms with E-state index in [1.165, 1.54) is 17.7 Å². The molecule has 1 aliphatic rings. The van der Waals surface area contributed by atoms with Gasteiger partial charge in [-0.25, -0.2) is 15.0 Å². The summed E-state index contributed by atoms with van der Waals surface area (Å²) in [5.74, 6) is 0.827. The molecule has 4 heterocycles. The molecule has 0 unspecified atom stereocenters. The van der Waals surface area contributed by atoms with Gasteiger partial charge in [-0.05, 0) is 26.2 Å². The molecule has 3 aromatic rings. The van der Waals surface area contributed by atoms with Crippen LogP contribution in [0.15, 0.2) is 34.8 Å². The van der Waals surface area contributed by atoms with Crippen LogP contribution in [0.4, 0.5) is 10.9 Å². The van der Waals surface area contributed by atoms with Crippen molar-refractivity contribution in [3.63, 3.8) is 0 Å². The van der Waals surface area contributed by atoms with Crippen molar-refractivity contribution in [1.29, 1.82) is 0 Å². The number of likely N-dealkylation sites (tertiary alicyclic amines) is 1. The molecule has 1 N–H and O–H groups in total. The fourth-order valence-electron chi connectivity index (χ4n) is 3.09. The highest BCUT2D eigenvalue weighted by Gasteiger charge is 2.32. The third-order valence-electron chi connectivity index (χ3n) is 4.36. The lowest BCUT2D eigenvalue weighted by Crippen LogP contribution is -2.38. The fraction of sp³-hybridized carbons (Fsp3) is 0.353. The number of thiazole rings is 1. The highest BCUT2D eigenvalue weighted by molar-refractivity contribution is 7.13. The Balaban J connectivity index is 1.55. The number of aryl methyl sites for hydroxylation is 1. The zero-order valence-electron chi connectivity index (χ0n) is 14.3. The van der Waals surface area contributed by atoms with E-state index in [-0.39, 0.29) is 11.9 Å². The van der Waals surface area contributed by atoms with Gasteiger partial charge in [-0.1, -0.05) is 0 Å². The van der Waals surface area contributed by atoms with Gasteiger partial charge >= 0.3 is 0 Å². The van der Waals surface area contributed by atoms with E-state index in [0.29, 0.717) is 23.8 Å². The van der Waals surface area contributed by atoms with Gasteiger partial charge < -0.3 is 14.6 Å². The second kappa shape index (κ2) is 7.20. The van der Waals surface area contributed by atoms with Gasteiger partial charge in [-0.15, -0.1) is 11.3 Å². The summed E-state index contributed by atoms with van der Waals surface area (Å²) in [4.78, 5) is 31.7. The van der Waals surface area contributed by atoms with E-state index in [4.69, 9.17) is 4.42 Å². The molecule has 1 amide bonds. The second-order valence-electron chi connectivity index (χ2n) is 6.07. The normalized spacial score (nSPS) is 17.3. The number of hydrogen-bond acceptors (Lipinski definition) is 8. The Morgan fingerprint density at radius 2 is 2.27 bits per heavy atom. The Morgan fingerprint density at radius 3 is 3.04 bits per heavy atom. The molecule has 0 radical (unpaired) electrons. The number of hydrogen-bond donors (Lipinski definition) is 1. The van der Waals surface area contributed by atoms with Gasteiger partial charge in [0.2, 0.25) is 5.76 Å². The molecule has 8 nitrogen and oxygen atoms in total. The van der Waals surface area contributed by atoms with E-state index < -0.39 is 0 Å². The summed E-state index contributed by atoms with van der Waals surface area (Å²) in [6.45, 7) is 2.47. The third kappa shape index (κ3) is 3.30. The Morgan fingerprint density at radius 1 is 1.35 bits per heavy atom. The molecule has 0 aromatic carbocycles. The first-order chi connectivity index (χ1) is 12.7. The molecule has 0 spiro atoms. The first-order valence-corrected chi connectivity index (χ1v) is 9.30. The predicted molar refractivity (Wildman–Crippen MR) is 96.3 cm³/mol. The predicted octanol–water partition coefficient (Wildman–Crippen LogP) is 3.34. The zero-order chi connectivity index (χ0) is 17.9. The molecule has 3 aromatic heterocycles. The van der Waals surface area contributed by atoms with Gasteiger partial charge in [0.1, 0.15) is 0 Å². The number of carbonyl (C=O) groups excluding carboxylic acids is 1. The minimum Gasteiger partial charge on any atom is -0.438 e. The molecular weight excluding hydrogens is 352 g/mol. The molecule has 134 valence electrons. The molecular formula is C17H18N6O2S. The summed E-state index contributed by atoms with van der Waals surface area (Å²) in [6, 6.07) is -0.0607. The Hall–Kier alpha value is -2.81. The maximum absolute atomic E-state index is 12.9. The van der Waals surface area contributed by atoms with Crippen LogP contribution in [0.5, 0.6) is 0 Å². The summed E-state index contributed by atoms with van der Waals surface area (Å²) in [5.41, 5.74) is 1.49. The van der Waals surface area contributed by atoms with Crippen molar-refractivity contribution < 1.29 is 9.21 Å². The number of anilines is 2. The van der Waals surface area contributed by atoms with Crippen molar-refractivity contribution in [3.8, 4) is 0 Å². The molecule has 1 atom stereocenters. The average molecular weight is 370 g/mol. The molecule has 9 heteroatoms. The molecule has 0 aliphatic carbocycles. The van der Waals surface area contributed by atoms with Crippen molar-refractivity contribution in [2.75, 3.05) is 11.9 Å². The Bertz CT molecular complexity index is 894. The molecule has 1 saturated heterocycles. The summed E-state index contributed by atoms with van der Waals surface area (Å²) < 4.78 is 5.30. The van der Waals surface area contributed by atoms with Crippen LogP contribution in [0.1, 0.15) is 47.2 Å². The SMILES string of the molecule is Cc1ncoc1C(=O)N1CCCC[C@H]1c1csc(Nc2cnccn2)n1. The number of carbonyl (C=O) groups is 1. The first kappa shape index (κ1) is 16.6. The number of nitrogens with zero attached hydrogens (tertiary/aromatic N) is 5. The van der Waals surface area contributed by atoms with Crippen molar-refractivity contribution in [1.82, 2.24) is 24.8 Å². The molecule has 0 bridgehead atoms. The smallest absolute Gasteiger partial charge is 0.292 e. The van der Waals surface area contributed by atoms with Crippen LogP contribution in [0.25, 0.3) is 0 Å². The fourth-order valence-corrected chi connectivity index (χ4v) is 3.85. The Labute approximate surface area is 154 Å². The van der Waals surface area contributed by atoms with E-state index in [2.05, 4.69) is 25.3 Å². The monoisotopic (exact) mass is 370 g/mol. The quantitative estimate of drug-likeness (QED) is 0.752. The van der Waals surface area contributed by atoms with Crippen molar-refractivity contribution in [2.24, 2.45) is 0 Å². The van der Waals surface area contributed by atoms with Gasteiger partial charge in [0.25, 0.3) is 5.91 Å². The number of oxazole rings is 1. The summed E-state index contributed by atoms with van der Waals surface area (Å²) in [6.07, 6.45) is 9.12. The number of rotatable bonds is 4. The molecule has 1 aliphatic heterocycles. The molecule has 1 fully saturated rings. The van der Waals surface area contributed by atoms with Gasteiger partial charge in [-0.3, -0.25) is 9.78 Å². The van der Waals surface area contributed by atoms with Crippen LogP contribution in [0.2, 0.25) is 0 Å². The van der Waals surface area contributed by atoms with E-state index in [1.54, 1.807) is 25.5 Å². The number of amides is 1. The van der Waals surface area contributed by atoms with E-state index >= 15 is 0 Å².